The normalized spacial score (nSPS) is 21.7. The number of carbonyl (C=O) groups excluding carboxylic acids is 1. The maximum atomic E-state index is 13.3. The Labute approximate surface area is 155 Å². The summed E-state index contributed by atoms with van der Waals surface area (Å²) in [5.41, 5.74) is 0.649. The van der Waals surface area contributed by atoms with Gasteiger partial charge in [-0.15, -0.1) is 0 Å². The third kappa shape index (κ3) is 4.61. The van der Waals surface area contributed by atoms with Crippen molar-refractivity contribution < 1.29 is 13.9 Å². The third-order valence-corrected chi connectivity index (χ3v) is 5.53. The van der Waals surface area contributed by atoms with Gasteiger partial charge in [0.2, 0.25) is 5.91 Å². The van der Waals surface area contributed by atoms with Crippen molar-refractivity contribution in [3.63, 3.8) is 0 Å². The van der Waals surface area contributed by atoms with Gasteiger partial charge in [0.1, 0.15) is 11.9 Å². The van der Waals surface area contributed by atoms with Crippen LogP contribution in [-0.4, -0.2) is 68.2 Å². The van der Waals surface area contributed by atoms with E-state index in [1.165, 1.54) is 12.1 Å². The molecule has 1 saturated heterocycles. The Bertz CT molecular complexity index is 594. The van der Waals surface area contributed by atoms with E-state index in [4.69, 9.17) is 4.74 Å². The van der Waals surface area contributed by atoms with Crippen LogP contribution < -0.4 is 5.32 Å². The topological polar surface area (TPSA) is 44.8 Å². The summed E-state index contributed by atoms with van der Waals surface area (Å²) in [6.45, 7) is 4.25. The van der Waals surface area contributed by atoms with Crippen molar-refractivity contribution in [2.24, 2.45) is 0 Å². The number of likely N-dealkylation sites (N-methyl/N-ethyl adjacent to an activating group) is 1. The Morgan fingerprint density at radius 3 is 2.42 bits per heavy atom. The van der Waals surface area contributed by atoms with Crippen molar-refractivity contribution in [1.29, 1.82) is 0 Å². The largest absolute Gasteiger partial charge is 0.379 e. The van der Waals surface area contributed by atoms with Crippen molar-refractivity contribution in [2.75, 3.05) is 46.9 Å². The molecule has 1 heterocycles. The Balaban J connectivity index is 1.73. The Kier molecular flexibility index (Phi) is 6.27. The molecule has 0 radical (unpaired) electrons. The van der Waals surface area contributed by atoms with Gasteiger partial charge in [0.05, 0.1) is 18.8 Å². The average Bonchev–Trinajstić information content (AvgIpc) is 3.05. The van der Waals surface area contributed by atoms with Gasteiger partial charge in [-0.3, -0.25) is 14.6 Å². The van der Waals surface area contributed by atoms with Gasteiger partial charge in [0.25, 0.3) is 0 Å². The standard InChI is InChI=1S/C20H30FN3O2/c1-23(2)18(16-5-7-17(21)8-6-16)19(25)22-20(9-3-4-10-20)15-24-11-13-26-14-12-24/h5-8,18H,3-4,9-15H2,1-2H3,(H,22,25)/t18-/m1/s1. The first kappa shape index (κ1) is 19.3. The van der Waals surface area contributed by atoms with E-state index in [0.717, 1.165) is 64.1 Å². The molecule has 0 bridgehead atoms. The highest BCUT2D eigenvalue weighted by Gasteiger charge is 2.39. The van der Waals surface area contributed by atoms with Gasteiger partial charge < -0.3 is 10.1 Å². The summed E-state index contributed by atoms with van der Waals surface area (Å²) in [6, 6.07) is 5.81. The van der Waals surface area contributed by atoms with Gasteiger partial charge in [-0.1, -0.05) is 25.0 Å². The molecule has 1 aromatic carbocycles. The molecule has 1 N–H and O–H groups in total. The number of carbonyl (C=O) groups is 1. The number of benzene rings is 1. The number of amides is 1. The Morgan fingerprint density at radius 2 is 1.85 bits per heavy atom. The van der Waals surface area contributed by atoms with Crippen LogP contribution in [0.3, 0.4) is 0 Å². The quantitative estimate of drug-likeness (QED) is 0.842. The Morgan fingerprint density at radius 1 is 1.23 bits per heavy atom. The summed E-state index contributed by atoms with van der Waals surface area (Å²) in [7, 11) is 3.77. The van der Waals surface area contributed by atoms with Gasteiger partial charge in [-0.25, -0.2) is 4.39 Å². The summed E-state index contributed by atoms with van der Waals surface area (Å²) in [5, 5.41) is 3.38. The molecule has 0 unspecified atom stereocenters. The van der Waals surface area contributed by atoms with Gasteiger partial charge in [-0.2, -0.15) is 0 Å². The summed E-state index contributed by atoms with van der Waals surface area (Å²) >= 11 is 0. The lowest BCUT2D eigenvalue weighted by Gasteiger charge is -2.39. The van der Waals surface area contributed by atoms with Crippen LogP contribution >= 0.6 is 0 Å². The van der Waals surface area contributed by atoms with Gasteiger partial charge in [0, 0.05) is 19.6 Å². The SMILES string of the molecule is CN(C)[C@@H](C(=O)NC1(CN2CCOCC2)CCCC1)c1ccc(F)cc1. The van der Waals surface area contributed by atoms with E-state index in [2.05, 4.69) is 10.2 Å². The molecule has 1 saturated carbocycles. The summed E-state index contributed by atoms with van der Waals surface area (Å²) in [6.07, 6.45) is 4.32. The molecule has 2 aliphatic rings. The molecule has 1 aliphatic heterocycles. The maximum absolute atomic E-state index is 13.3. The number of halogens is 1. The van der Waals surface area contributed by atoms with Crippen molar-refractivity contribution in [3.8, 4) is 0 Å². The molecule has 1 aromatic rings. The van der Waals surface area contributed by atoms with Crippen molar-refractivity contribution >= 4 is 5.91 Å². The van der Waals surface area contributed by atoms with Crippen LogP contribution in [0.2, 0.25) is 0 Å². The number of ether oxygens (including phenoxy) is 1. The van der Waals surface area contributed by atoms with Crippen LogP contribution in [0.25, 0.3) is 0 Å². The molecule has 26 heavy (non-hydrogen) atoms. The summed E-state index contributed by atoms with van der Waals surface area (Å²) in [4.78, 5) is 17.5. The highest BCUT2D eigenvalue weighted by atomic mass is 19.1. The Hall–Kier alpha value is -1.50. The van der Waals surface area contributed by atoms with Crippen LogP contribution in [0, 0.1) is 5.82 Å². The van der Waals surface area contributed by atoms with E-state index in [0.29, 0.717) is 0 Å². The lowest BCUT2D eigenvalue weighted by atomic mass is 9.94. The van der Waals surface area contributed by atoms with E-state index < -0.39 is 6.04 Å². The van der Waals surface area contributed by atoms with E-state index in [1.807, 2.05) is 19.0 Å². The van der Waals surface area contributed by atoms with E-state index in [9.17, 15) is 9.18 Å². The molecular formula is C20H30FN3O2. The smallest absolute Gasteiger partial charge is 0.242 e. The molecule has 144 valence electrons. The number of rotatable bonds is 6. The second-order valence-corrected chi connectivity index (χ2v) is 7.78. The first-order valence-electron chi connectivity index (χ1n) is 9.53. The van der Waals surface area contributed by atoms with E-state index in [1.54, 1.807) is 12.1 Å². The molecule has 2 fully saturated rings. The lowest BCUT2D eigenvalue weighted by Crippen LogP contribution is -2.57. The van der Waals surface area contributed by atoms with Crippen molar-refractivity contribution in [1.82, 2.24) is 15.1 Å². The molecule has 1 atom stereocenters. The monoisotopic (exact) mass is 363 g/mol. The number of hydrogen-bond acceptors (Lipinski definition) is 4. The maximum Gasteiger partial charge on any atom is 0.242 e. The highest BCUT2D eigenvalue weighted by molar-refractivity contribution is 5.84. The molecule has 0 spiro atoms. The van der Waals surface area contributed by atoms with Crippen LogP contribution in [0.15, 0.2) is 24.3 Å². The minimum Gasteiger partial charge on any atom is -0.379 e. The fraction of sp³-hybridized carbons (Fsp3) is 0.650. The van der Waals surface area contributed by atoms with E-state index in [-0.39, 0.29) is 17.3 Å². The van der Waals surface area contributed by atoms with Crippen molar-refractivity contribution in [2.45, 2.75) is 37.3 Å². The zero-order valence-electron chi connectivity index (χ0n) is 15.8. The minimum absolute atomic E-state index is 0.00299. The molecule has 1 amide bonds. The first-order chi connectivity index (χ1) is 12.5. The predicted octanol–water partition coefficient (Wildman–Crippen LogP) is 2.19. The summed E-state index contributed by atoms with van der Waals surface area (Å²) in [5.74, 6) is -0.289. The van der Waals surface area contributed by atoms with Crippen LogP contribution in [0.5, 0.6) is 0 Å². The van der Waals surface area contributed by atoms with Crippen LogP contribution in [0.1, 0.15) is 37.3 Å². The fourth-order valence-electron chi connectivity index (χ4n) is 4.22. The molecule has 5 nitrogen and oxygen atoms in total. The fourth-order valence-corrected chi connectivity index (χ4v) is 4.22. The van der Waals surface area contributed by atoms with Crippen LogP contribution in [0.4, 0.5) is 4.39 Å². The third-order valence-electron chi connectivity index (χ3n) is 5.53. The zero-order chi connectivity index (χ0) is 18.6. The predicted molar refractivity (Wildman–Crippen MR) is 99.4 cm³/mol. The van der Waals surface area contributed by atoms with Gasteiger partial charge >= 0.3 is 0 Å². The molecule has 6 heteroatoms. The van der Waals surface area contributed by atoms with Crippen LogP contribution in [-0.2, 0) is 9.53 Å². The van der Waals surface area contributed by atoms with E-state index >= 15 is 0 Å². The first-order valence-corrected chi connectivity index (χ1v) is 9.53. The summed E-state index contributed by atoms with van der Waals surface area (Å²) < 4.78 is 18.7. The van der Waals surface area contributed by atoms with Gasteiger partial charge in [-0.05, 0) is 44.6 Å². The number of nitrogens with zero attached hydrogens (tertiary/aromatic N) is 2. The second-order valence-electron chi connectivity index (χ2n) is 7.78. The van der Waals surface area contributed by atoms with Crippen molar-refractivity contribution in [3.05, 3.63) is 35.6 Å². The zero-order valence-corrected chi connectivity index (χ0v) is 15.8. The molecule has 0 aromatic heterocycles. The number of morpholine rings is 1. The minimum atomic E-state index is -0.419. The lowest BCUT2D eigenvalue weighted by molar-refractivity contribution is -0.128. The van der Waals surface area contributed by atoms with Gasteiger partial charge in [0.15, 0.2) is 0 Å². The molecular weight excluding hydrogens is 333 g/mol. The number of hydrogen-bond donors (Lipinski definition) is 1. The average molecular weight is 363 g/mol. The molecule has 1 aliphatic carbocycles. The second kappa shape index (κ2) is 8.46. The number of nitrogens with one attached hydrogen (secondary N) is 1. The highest BCUT2D eigenvalue weighted by Crippen LogP contribution is 2.32. The molecule has 3 rings (SSSR count).